The van der Waals surface area contributed by atoms with E-state index in [4.69, 9.17) is 0 Å². The maximum atomic E-state index is 10.3. The first-order chi connectivity index (χ1) is 13.7. The van der Waals surface area contributed by atoms with Crippen LogP contribution in [0.2, 0.25) is 0 Å². The molecule has 2 N–H and O–H groups in total. The summed E-state index contributed by atoms with van der Waals surface area (Å²) >= 11 is 0. The van der Waals surface area contributed by atoms with E-state index in [1.165, 1.54) is 51.4 Å². The van der Waals surface area contributed by atoms with Crippen LogP contribution in [0.15, 0.2) is 0 Å². The van der Waals surface area contributed by atoms with E-state index in [1.807, 2.05) is 0 Å². The quantitative estimate of drug-likeness (QED) is 0.553. The summed E-state index contributed by atoms with van der Waals surface area (Å²) in [6.45, 7) is 12.0. The van der Waals surface area contributed by atoms with E-state index in [2.05, 4.69) is 34.6 Å². The molecule has 4 fully saturated rings. The van der Waals surface area contributed by atoms with Crippen molar-refractivity contribution in [2.45, 2.75) is 117 Å². The molecule has 0 heterocycles. The minimum atomic E-state index is -0.130. The Hall–Kier alpha value is -0.0800. The molecule has 0 radical (unpaired) electrons. The van der Waals surface area contributed by atoms with Gasteiger partial charge in [0, 0.05) is 0 Å². The van der Waals surface area contributed by atoms with Crippen molar-refractivity contribution in [2.24, 2.45) is 52.3 Å². The first kappa shape index (κ1) is 22.1. The molecule has 0 amide bonds. The Balaban J connectivity index is 1.46. The molecule has 2 unspecified atom stereocenters. The van der Waals surface area contributed by atoms with Gasteiger partial charge < -0.3 is 10.2 Å². The Morgan fingerprint density at radius 2 is 1.52 bits per heavy atom. The van der Waals surface area contributed by atoms with Crippen LogP contribution in [0.25, 0.3) is 0 Å². The average molecular weight is 405 g/mol. The molecule has 4 aliphatic carbocycles. The van der Waals surface area contributed by atoms with Crippen LogP contribution in [0, 0.1) is 52.3 Å². The molecule has 0 bridgehead atoms. The lowest BCUT2D eigenvalue weighted by Crippen LogP contribution is -2.54. The highest BCUT2D eigenvalue weighted by molar-refractivity contribution is 5.09. The maximum Gasteiger partial charge on any atom is 0.0563 e. The van der Waals surface area contributed by atoms with Crippen LogP contribution < -0.4 is 0 Å². The van der Waals surface area contributed by atoms with Gasteiger partial charge in [-0.05, 0) is 123 Å². The molecule has 4 aliphatic rings. The van der Waals surface area contributed by atoms with Crippen LogP contribution in [0.1, 0.15) is 105 Å². The summed E-state index contributed by atoms with van der Waals surface area (Å²) < 4.78 is 0. The molecular formula is C27H48O2. The highest BCUT2D eigenvalue weighted by atomic mass is 16.3. The second kappa shape index (κ2) is 8.12. The first-order valence-corrected chi connectivity index (χ1v) is 13.0. The zero-order chi connectivity index (χ0) is 21.0. The van der Waals surface area contributed by atoms with E-state index >= 15 is 0 Å². The third-order valence-corrected chi connectivity index (χ3v) is 11.1. The van der Waals surface area contributed by atoms with Crippen molar-refractivity contribution in [1.82, 2.24) is 0 Å². The second-order valence-electron chi connectivity index (χ2n) is 12.7. The summed E-state index contributed by atoms with van der Waals surface area (Å²) in [4.78, 5) is 0. The first-order valence-electron chi connectivity index (χ1n) is 13.0. The maximum absolute atomic E-state index is 10.3. The summed E-state index contributed by atoms with van der Waals surface area (Å²) in [6.07, 6.45) is 13.9. The van der Waals surface area contributed by atoms with Crippen LogP contribution in [-0.4, -0.2) is 22.4 Å². The van der Waals surface area contributed by atoms with E-state index < -0.39 is 0 Å². The largest absolute Gasteiger partial charge is 0.393 e. The van der Waals surface area contributed by atoms with Gasteiger partial charge in [-0.25, -0.2) is 0 Å². The molecular weight excluding hydrogens is 356 g/mol. The van der Waals surface area contributed by atoms with Crippen molar-refractivity contribution in [3.05, 3.63) is 0 Å². The highest BCUT2D eigenvalue weighted by Crippen LogP contribution is 2.68. The lowest BCUT2D eigenvalue weighted by atomic mass is 9.44. The SMILES string of the molecule is CC(C)[C@@H](O)CC[C@@H](C)[C@H]1CC[C@H]2[C@@H]3CCC4CC(O)CC[C@]4(C)[C@H]3CC[C@]12C. The summed E-state index contributed by atoms with van der Waals surface area (Å²) in [5.41, 5.74) is 1.02. The van der Waals surface area contributed by atoms with Gasteiger partial charge >= 0.3 is 0 Å². The predicted molar refractivity (Wildman–Crippen MR) is 120 cm³/mol. The smallest absolute Gasteiger partial charge is 0.0563 e. The zero-order valence-corrected chi connectivity index (χ0v) is 19.9. The van der Waals surface area contributed by atoms with Crippen molar-refractivity contribution in [1.29, 1.82) is 0 Å². The van der Waals surface area contributed by atoms with E-state index in [-0.39, 0.29) is 12.2 Å². The van der Waals surface area contributed by atoms with Crippen LogP contribution in [-0.2, 0) is 0 Å². The lowest BCUT2D eigenvalue weighted by Gasteiger charge is -2.61. The molecule has 168 valence electrons. The fraction of sp³-hybridized carbons (Fsp3) is 1.00. The molecule has 29 heavy (non-hydrogen) atoms. The van der Waals surface area contributed by atoms with Gasteiger partial charge in [-0.15, -0.1) is 0 Å². The lowest BCUT2D eigenvalue weighted by molar-refractivity contribution is -0.129. The molecule has 0 spiro atoms. The van der Waals surface area contributed by atoms with Crippen LogP contribution >= 0.6 is 0 Å². The van der Waals surface area contributed by atoms with Gasteiger partial charge in [0.2, 0.25) is 0 Å². The minimum absolute atomic E-state index is 0.0311. The van der Waals surface area contributed by atoms with E-state index in [1.54, 1.807) is 0 Å². The van der Waals surface area contributed by atoms with E-state index in [9.17, 15) is 10.2 Å². The van der Waals surface area contributed by atoms with Crippen LogP contribution in [0.4, 0.5) is 0 Å². The normalized spacial score (nSPS) is 49.2. The summed E-state index contributed by atoms with van der Waals surface area (Å²) in [7, 11) is 0. The molecule has 10 atom stereocenters. The second-order valence-corrected chi connectivity index (χ2v) is 12.7. The highest BCUT2D eigenvalue weighted by Gasteiger charge is 2.60. The standard InChI is InChI=1S/C27H48O2/c1-17(2)25(29)11-6-18(3)22-9-10-23-21-8-7-19-16-20(28)12-14-26(19,4)24(21)13-15-27(22,23)5/h17-25,28-29H,6-16H2,1-5H3/t18-,19?,20?,21+,22-,23+,24+,25+,26+,27-/m1/s1. The number of aliphatic hydroxyl groups excluding tert-OH is 2. The van der Waals surface area contributed by atoms with Crippen LogP contribution in [0.3, 0.4) is 0 Å². The minimum Gasteiger partial charge on any atom is -0.393 e. The third-order valence-electron chi connectivity index (χ3n) is 11.1. The average Bonchev–Trinajstić information content (AvgIpc) is 3.03. The van der Waals surface area contributed by atoms with Crippen molar-refractivity contribution in [3.63, 3.8) is 0 Å². The molecule has 2 nitrogen and oxygen atoms in total. The van der Waals surface area contributed by atoms with Gasteiger partial charge in [-0.1, -0.05) is 34.6 Å². The molecule has 4 rings (SSSR count). The van der Waals surface area contributed by atoms with Gasteiger partial charge in [0.15, 0.2) is 0 Å². The third kappa shape index (κ3) is 3.73. The van der Waals surface area contributed by atoms with Crippen LogP contribution in [0.5, 0.6) is 0 Å². The predicted octanol–water partition coefficient (Wildman–Crippen LogP) is 6.44. The van der Waals surface area contributed by atoms with Gasteiger partial charge in [-0.3, -0.25) is 0 Å². The molecule has 0 saturated heterocycles. The van der Waals surface area contributed by atoms with E-state index in [0.717, 1.165) is 54.8 Å². The van der Waals surface area contributed by atoms with E-state index in [0.29, 0.717) is 16.7 Å². The van der Waals surface area contributed by atoms with Crippen molar-refractivity contribution < 1.29 is 10.2 Å². The monoisotopic (exact) mass is 404 g/mol. The molecule has 0 aromatic carbocycles. The zero-order valence-electron chi connectivity index (χ0n) is 19.9. The Labute approximate surface area is 180 Å². The summed E-state index contributed by atoms with van der Waals surface area (Å²) in [5, 5.41) is 20.6. The van der Waals surface area contributed by atoms with Crippen molar-refractivity contribution >= 4 is 0 Å². The molecule has 0 aromatic rings. The van der Waals surface area contributed by atoms with Gasteiger partial charge in [-0.2, -0.15) is 0 Å². The Bertz CT molecular complexity index is 573. The Morgan fingerprint density at radius 1 is 0.828 bits per heavy atom. The number of hydrogen-bond acceptors (Lipinski definition) is 2. The van der Waals surface area contributed by atoms with Crippen molar-refractivity contribution in [2.75, 3.05) is 0 Å². The van der Waals surface area contributed by atoms with Gasteiger partial charge in [0.05, 0.1) is 12.2 Å². The molecule has 2 heteroatoms. The fourth-order valence-electron chi connectivity index (χ4n) is 9.18. The number of fused-ring (bicyclic) bond motifs is 5. The molecule has 4 saturated carbocycles. The van der Waals surface area contributed by atoms with Crippen molar-refractivity contribution in [3.8, 4) is 0 Å². The number of aliphatic hydroxyl groups is 2. The number of rotatable bonds is 5. The Morgan fingerprint density at radius 3 is 2.24 bits per heavy atom. The Kier molecular flexibility index (Phi) is 6.19. The molecule has 0 aromatic heterocycles. The summed E-state index contributed by atoms with van der Waals surface area (Å²) in [6, 6.07) is 0. The number of hydrogen-bond donors (Lipinski definition) is 2. The summed E-state index contributed by atoms with van der Waals surface area (Å²) in [5.74, 6) is 5.51. The van der Waals surface area contributed by atoms with Gasteiger partial charge in [0.1, 0.15) is 0 Å². The van der Waals surface area contributed by atoms with Gasteiger partial charge in [0.25, 0.3) is 0 Å². The topological polar surface area (TPSA) is 40.5 Å². The molecule has 0 aliphatic heterocycles. The fourth-order valence-corrected chi connectivity index (χ4v) is 9.18.